The fraction of sp³-hybridized carbons (Fsp3) is 0.385. The standard InChI is InChI=1S/C13H18ClN3O2/c1-3-6-17(8-12(18)16-2)13(19)10-5-4-9(15)7-11(10)14/h4-5,7H,3,6,8,15H2,1-2H3,(H,16,18). The third kappa shape index (κ3) is 4.13. The number of hydrogen-bond donors (Lipinski definition) is 2. The summed E-state index contributed by atoms with van der Waals surface area (Å²) in [6.07, 6.45) is 0.759. The van der Waals surface area contributed by atoms with Crippen LogP contribution in [0.15, 0.2) is 18.2 Å². The molecule has 0 aliphatic rings. The Bertz CT molecular complexity index is 477. The molecule has 6 heteroatoms. The molecular weight excluding hydrogens is 266 g/mol. The number of halogens is 1. The van der Waals surface area contributed by atoms with Crippen LogP contribution in [0.2, 0.25) is 5.02 Å². The molecule has 5 nitrogen and oxygen atoms in total. The third-order valence-electron chi connectivity index (χ3n) is 2.62. The van der Waals surface area contributed by atoms with Crippen molar-refractivity contribution in [1.29, 1.82) is 0 Å². The van der Waals surface area contributed by atoms with E-state index in [0.29, 0.717) is 22.8 Å². The van der Waals surface area contributed by atoms with Gasteiger partial charge >= 0.3 is 0 Å². The quantitative estimate of drug-likeness (QED) is 0.805. The highest BCUT2D eigenvalue weighted by Crippen LogP contribution is 2.20. The third-order valence-corrected chi connectivity index (χ3v) is 2.93. The van der Waals surface area contributed by atoms with E-state index in [0.717, 1.165) is 6.42 Å². The van der Waals surface area contributed by atoms with E-state index in [2.05, 4.69) is 5.32 Å². The maximum Gasteiger partial charge on any atom is 0.255 e. The number of nitrogens with two attached hydrogens (primary N) is 1. The fourth-order valence-electron chi connectivity index (χ4n) is 1.65. The van der Waals surface area contributed by atoms with Crippen molar-refractivity contribution in [2.24, 2.45) is 0 Å². The summed E-state index contributed by atoms with van der Waals surface area (Å²) in [5.41, 5.74) is 6.44. The lowest BCUT2D eigenvalue weighted by molar-refractivity contribution is -0.121. The van der Waals surface area contributed by atoms with Crippen molar-refractivity contribution >= 4 is 29.1 Å². The Kier molecular flexibility index (Phi) is 5.63. The number of benzene rings is 1. The Labute approximate surface area is 117 Å². The largest absolute Gasteiger partial charge is 0.399 e. The number of nitrogens with zero attached hydrogens (tertiary/aromatic N) is 1. The Hall–Kier alpha value is -1.75. The summed E-state index contributed by atoms with van der Waals surface area (Å²) in [4.78, 5) is 25.2. The van der Waals surface area contributed by atoms with Gasteiger partial charge in [-0.3, -0.25) is 9.59 Å². The molecule has 1 rings (SSSR count). The minimum absolute atomic E-state index is 0.0177. The molecule has 2 amide bonds. The topological polar surface area (TPSA) is 75.4 Å². The Morgan fingerprint density at radius 1 is 1.42 bits per heavy atom. The van der Waals surface area contributed by atoms with E-state index in [4.69, 9.17) is 17.3 Å². The van der Waals surface area contributed by atoms with Crippen LogP contribution in [-0.4, -0.2) is 36.9 Å². The summed E-state index contributed by atoms with van der Waals surface area (Å²) >= 11 is 6.01. The van der Waals surface area contributed by atoms with E-state index < -0.39 is 0 Å². The number of carbonyl (C=O) groups is 2. The molecule has 0 saturated heterocycles. The molecule has 0 unspecified atom stereocenters. The number of nitrogen functional groups attached to an aromatic ring is 1. The number of anilines is 1. The zero-order valence-corrected chi connectivity index (χ0v) is 11.8. The number of likely N-dealkylation sites (N-methyl/N-ethyl adjacent to an activating group) is 1. The van der Waals surface area contributed by atoms with Crippen LogP contribution in [0, 0.1) is 0 Å². The first-order valence-electron chi connectivity index (χ1n) is 6.04. The molecule has 0 fully saturated rings. The molecule has 0 heterocycles. The highest BCUT2D eigenvalue weighted by Gasteiger charge is 2.19. The summed E-state index contributed by atoms with van der Waals surface area (Å²) in [6, 6.07) is 4.72. The lowest BCUT2D eigenvalue weighted by atomic mass is 10.1. The Morgan fingerprint density at radius 2 is 2.11 bits per heavy atom. The molecule has 0 aliphatic heterocycles. The van der Waals surface area contributed by atoms with Crippen LogP contribution in [0.25, 0.3) is 0 Å². The molecule has 0 atom stereocenters. The molecule has 104 valence electrons. The van der Waals surface area contributed by atoms with Gasteiger partial charge in [-0.2, -0.15) is 0 Å². The molecule has 0 radical (unpaired) electrons. The summed E-state index contributed by atoms with van der Waals surface area (Å²) in [7, 11) is 1.53. The lowest BCUT2D eigenvalue weighted by Gasteiger charge is -2.21. The van der Waals surface area contributed by atoms with Crippen LogP contribution >= 0.6 is 11.6 Å². The maximum absolute atomic E-state index is 12.3. The van der Waals surface area contributed by atoms with Gasteiger partial charge in [0.25, 0.3) is 5.91 Å². The van der Waals surface area contributed by atoms with Crippen LogP contribution in [-0.2, 0) is 4.79 Å². The van der Waals surface area contributed by atoms with Crippen molar-refractivity contribution < 1.29 is 9.59 Å². The molecule has 0 aromatic heterocycles. The molecule has 3 N–H and O–H groups in total. The van der Waals surface area contributed by atoms with Crippen LogP contribution in [0.5, 0.6) is 0 Å². The van der Waals surface area contributed by atoms with Crippen molar-refractivity contribution in [3.63, 3.8) is 0 Å². The molecular formula is C13H18ClN3O2. The lowest BCUT2D eigenvalue weighted by Crippen LogP contribution is -2.40. The zero-order chi connectivity index (χ0) is 14.4. The number of amides is 2. The fourth-order valence-corrected chi connectivity index (χ4v) is 1.92. The van der Waals surface area contributed by atoms with Crippen molar-refractivity contribution in [2.45, 2.75) is 13.3 Å². The SMILES string of the molecule is CCCN(CC(=O)NC)C(=O)c1ccc(N)cc1Cl. The minimum Gasteiger partial charge on any atom is -0.399 e. The average Bonchev–Trinajstić information content (AvgIpc) is 2.37. The average molecular weight is 284 g/mol. The molecule has 1 aromatic rings. The van der Waals surface area contributed by atoms with E-state index in [1.165, 1.54) is 18.0 Å². The Balaban J connectivity index is 2.95. The van der Waals surface area contributed by atoms with Crippen LogP contribution in [0.1, 0.15) is 23.7 Å². The van der Waals surface area contributed by atoms with E-state index in [1.807, 2.05) is 6.92 Å². The second-order valence-electron chi connectivity index (χ2n) is 4.14. The first-order valence-corrected chi connectivity index (χ1v) is 6.42. The van der Waals surface area contributed by atoms with Crippen LogP contribution < -0.4 is 11.1 Å². The monoisotopic (exact) mass is 283 g/mol. The second kappa shape index (κ2) is 6.99. The van der Waals surface area contributed by atoms with Gasteiger partial charge in [-0.1, -0.05) is 18.5 Å². The molecule has 0 bridgehead atoms. The highest BCUT2D eigenvalue weighted by atomic mass is 35.5. The summed E-state index contributed by atoms with van der Waals surface area (Å²) in [6.45, 7) is 2.45. The van der Waals surface area contributed by atoms with Crippen molar-refractivity contribution in [1.82, 2.24) is 10.2 Å². The number of nitrogens with one attached hydrogen (secondary N) is 1. The molecule has 0 saturated carbocycles. The smallest absolute Gasteiger partial charge is 0.255 e. The van der Waals surface area contributed by atoms with Gasteiger partial charge in [0.15, 0.2) is 0 Å². The van der Waals surface area contributed by atoms with E-state index in [1.54, 1.807) is 12.1 Å². The number of carbonyl (C=O) groups excluding carboxylic acids is 2. The van der Waals surface area contributed by atoms with Gasteiger partial charge in [-0.05, 0) is 24.6 Å². The first-order chi connectivity index (χ1) is 8.99. The summed E-state index contributed by atoms with van der Waals surface area (Å²) in [5, 5.41) is 2.79. The molecule has 1 aromatic carbocycles. The molecule has 0 aliphatic carbocycles. The van der Waals surface area contributed by atoms with Gasteiger partial charge in [-0.25, -0.2) is 0 Å². The number of rotatable bonds is 5. The zero-order valence-electron chi connectivity index (χ0n) is 11.1. The van der Waals surface area contributed by atoms with Crippen LogP contribution in [0.3, 0.4) is 0 Å². The van der Waals surface area contributed by atoms with Crippen LogP contribution in [0.4, 0.5) is 5.69 Å². The van der Waals surface area contributed by atoms with Gasteiger partial charge in [0.2, 0.25) is 5.91 Å². The van der Waals surface area contributed by atoms with Crippen molar-refractivity contribution in [3.05, 3.63) is 28.8 Å². The van der Waals surface area contributed by atoms with Gasteiger partial charge in [0, 0.05) is 19.3 Å². The minimum atomic E-state index is -0.268. The first kappa shape index (κ1) is 15.3. The maximum atomic E-state index is 12.3. The second-order valence-corrected chi connectivity index (χ2v) is 4.55. The van der Waals surface area contributed by atoms with E-state index in [9.17, 15) is 9.59 Å². The normalized spacial score (nSPS) is 10.1. The summed E-state index contributed by atoms with van der Waals surface area (Å²) in [5.74, 6) is -0.483. The van der Waals surface area contributed by atoms with Gasteiger partial charge < -0.3 is 16.0 Å². The van der Waals surface area contributed by atoms with Crippen molar-refractivity contribution in [2.75, 3.05) is 25.9 Å². The molecule has 19 heavy (non-hydrogen) atoms. The van der Waals surface area contributed by atoms with E-state index >= 15 is 0 Å². The number of hydrogen-bond acceptors (Lipinski definition) is 3. The van der Waals surface area contributed by atoms with E-state index in [-0.39, 0.29) is 18.4 Å². The predicted molar refractivity (Wildman–Crippen MR) is 76.1 cm³/mol. The Morgan fingerprint density at radius 3 is 2.63 bits per heavy atom. The van der Waals surface area contributed by atoms with Gasteiger partial charge in [0.1, 0.15) is 0 Å². The predicted octanol–water partition coefficient (Wildman–Crippen LogP) is 1.52. The molecule has 0 spiro atoms. The summed E-state index contributed by atoms with van der Waals surface area (Å²) < 4.78 is 0. The van der Waals surface area contributed by atoms with Gasteiger partial charge in [0.05, 0.1) is 17.1 Å². The highest BCUT2D eigenvalue weighted by molar-refractivity contribution is 6.34. The van der Waals surface area contributed by atoms with Crippen molar-refractivity contribution in [3.8, 4) is 0 Å². The van der Waals surface area contributed by atoms with Gasteiger partial charge in [-0.15, -0.1) is 0 Å².